The highest BCUT2D eigenvalue weighted by Crippen LogP contribution is 2.54. The van der Waals surface area contributed by atoms with Crippen molar-refractivity contribution in [3.05, 3.63) is 0 Å². The second-order valence-electron chi connectivity index (χ2n) is 4.78. The van der Waals surface area contributed by atoms with Gasteiger partial charge in [0.15, 0.2) is 0 Å². The zero-order valence-corrected chi connectivity index (χ0v) is 8.05. The van der Waals surface area contributed by atoms with Crippen molar-refractivity contribution >= 4 is 0 Å². The molecule has 0 aromatic heterocycles. The van der Waals surface area contributed by atoms with E-state index in [4.69, 9.17) is 10.5 Å². The lowest BCUT2D eigenvalue weighted by Crippen LogP contribution is -2.24. The van der Waals surface area contributed by atoms with E-state index in [2.05, 4.69) is 13.8 Å². The summed E-state index contributed by atoms with van der Waals surface area (Å²) < 4.78 is 5.73. The van der Waals surface area contributed by atoms with Crippen LogP contribution in [0.5, 0.6) is 0 Å². The van der Waals surface area contributed by atoms with Gasteiger partial charge in [-0.05, 0) is 24.7 Å². The first-order valence-electron chi connectivity index (χ1n) is 5.01. The summed E-state index contributed by atoms with van der Waals surface area (Å²) in [5.41, 5.74) is 6.33. The second-order valence-corrected chi connectivity index (χ2v) is 4.78. The minimum absolute atomic E-state index is 0.335. The fraction of sp³-hybridized carbons (Fsp3) is 1.00. The molecule has 0 aromatic carbocycles. The van der Waals surface area contributed by atoms with E-state index in [1.807, 2.05) is 0 Å². The molecular formula is C10H19NO. The summed E-state index contributed by atoms with van der Waals surface area (Å²) in [5.74, 6) is 0.623. The summed E-state index contributed by atoms with van der Waals surface area (Å²) in [6, 6.07) is 0.376. The molecule has 1 aliphatic carbocycles. The Hall–Kier alpha value is -0.0800. The Labute approximate surface area is 74.5 Å². The van der Waals surface area contributed by atoms with Crippen LogP contribution in [-0.2, 0) is 4.74 Å². The zero-order valence-electron chi connectivity index (χ0n) is 8.05. The normalized spacial score (nSPS) is 45.8. The third kappa shape index (κ3) is 1.17. The predicted molar refractivity (Wildman–Crippen MR) is 48.8 cm³/mol. The summed E-state index contributed by atoms with van der Waals surface area (Å²) in [5, 5.41) is 0. The molecular weight excluding hydrogens is 150 g/mol. The van der Waals surface area contributed by atoms with Crippen molar-refractivity contribution < 1.29 is 4.74 Å². The van der Waals surface area contributed by atoms with E-state index in [9.17, 15) is 0 Å². The van der Waals surface area contributed by atoms with Crippen molar-refractivity contribution in [1.82, 2.24) is 0 Å². The first-order valence-corrected chi connectivity index (χ1v) is 5.01. The molecule has 0 aromatic rings. The molecule has 1 unspecified atom stereocenters. The van der Waals surface area contributed by atoms with Gasteiger partial charge in [-0.25, -0.2) is 0 Å². The van der Waals surface area contributed by atoms with Crippen LogP contribution in [0.3, 0.4) is 0 Å². The molecule has 70 valence electrons. The largest absolute Gasteiger partial charge is 0.378 e. The highest BCUT2D eigenvalue weighted by atomic mass is 16.5. The van der Waals surface area contributed by atoms with Gasteiger partial charge in [0.25, 0.3) is 0 Å². The lowest BCUT2D eigenvalue weighted by Gasteiger charge is -2.23. The molecule has 0 spiro atoms. The summed E-state index contributed by atoms with van der Waals surface area (Å²) in [7, 11) is 0. The highest BCUT2D eigenvalue weighted by Gasteiger charge is 2.59. The maximum Gasteiger partial charge on any atom is 0.0624 e. The van der Waals surface area contributed by atoms with Gasteiger partial charge >= 0.3 is 0 Å². The van der Waals surface area contributed by atoms with E-state index in [-0.39, 0.29) is 0 Å². The van der Waals surface area contributed by atoms with Crippen LogP contribution in [0, 0.1) is 11.3 Å². The summed E-state index contributed by atoms with van der Waals surface area (Å²) >= 11 is 0. The SMILES string of the molecule is CC1(C)[C@@H](N)[C@@H]1C1CCCCO1. The van der Waals surface area contributed by atoms with Crippen LogP contribution in [0.1, 0.15) is 33.1 Å². The Balaban J connectivity index is 1.93. The number of rotatable bonds is 1. The first-order chi connectivity index (χ1) is 5.64. The van der Waals surface area contributed by atoms with Gasteiger partial charge in [0.05, 0.1) is 6.10 Å². The molecule has 2 heteroatoms. The van der Waals surface area contributed by atoms with Crippen molar-refractivity contribution in [3.63, 3.8) is 0 Å². The first kappa shape index (κ1) is 8.52. The zero-order chi connectivity index (χ0) is 8.77. The van der Waals surface area contributed by atoms with Gasteiger partial charge in [-0.2, -0.15) is 0 Å². The Bertz CT molecular complexity index is 173. The fourth-order valence-corrected chi connectivity index (χ4v) is 2.48. The van der Waals surface area contributed by atoms with Crippen LogP contribution in [0.25, 0.3) is 0 Å². The standard InChI is InChI=1S/C10H19NO/c1-10(2)8(9(10)11)7-5-3-4-6-12-7/h7-9H,3-6,11H2,1-2H3/t7?,8-,9-/m0/s1. The van der Waals surface area contributed by atoms with Gasteiger partial charge < -0.3 is 10.5 Å². The molecule has 2 rings (SSSR count). The summed E-state index contributed by atoms with van der Waals surface area (Å²) in [4.78, 5) is 0. The van der Waals surface area contributed by atoms with Gasteiger partial charge in [-0.15, -0.1) is 0 Å². The highest BCUT2D eigenvalue weighted by molar-refractivity contribution is 5.12. The van der Waals surface area contributed by atoms with E-state index < -0.39 is 0 Å². The molecule has 0 bridgehead atoms. The lowest BCUT2D eigenvalue weighted by molar-refractivity contribution is -0.00496. The summed E-state index contributed by atoms with van der Waals surface area (Å²) in [6.07, 6.45) is 4.24. The molecule has 1 saturated carbocycles. The van der Waals surface area contributed by atoms with Gasteiger partial charge in [0.2, 0.25) is 0 Å². The molecule has 1 heterocycles. The monoisotopic (exact) mass is 169 g/mol. The van der Waals surface area contributed by atoms with Crippen LogP contribution in [0.4, 0.5) is 0 Å². The lowest BCUT2D eigenvalue weighted by atomic mass is 10.00. The van der Waals surface area contributed by atoms with Crippen molar-refractivity contribution in [2.45, 2.75) is 45.3 Å². The molecule has 3 atom stereocenters. The number of ether oxygens (including phenoxy) is 1. The van der Waals surface area contributed by atoms with Gasteiger partial charge in [0, 0.05) is 18.6 Å². The van der Waals surface area contributed by atoms with Crippen molar-refractivity contribution in [2.75, 3.05) is 6.61 Å². The van der Waals surface area contributed by atoms with Crippen LogP contribution < -0.4 is 5.73 Å². The van der Waals surface area contributed by atoms with E-state index >= 15 is 0 Å². The Morgan fingerprint density at radius 1 is 1.33 bits per heavy atom. The second kappa shape index (κ2) is 2.71. The van der Waals surface area contributed by atoms with Crippen LogP contribution in [-0.4, -0.2) is 18.8 Å². The van der Waals surface area contributed by atoms with E-state index in [0.29, 0.717) is 23.5 Å². The number of hydrogen-bond acceptors (Lipinski definition) is 2. The molecule has 2 N–H and O–H groups in total. The summed E-state index contributed by atoms with van der Waals surface area (Å²) in [6.45, 7) is 5.45. The molecule has 12 heavy (non-hydrogen) atoms. The molecule has 1 aliphatic heterocycles. The van der Waals surface area contributed by atoms with Crippen LogP contribution in [0.2, 0.25) is 0 Å². The van der Waals surface area contributed by atoms with Crippen LogP contribution in [0.15, 0.2) is 0 Å². The fourth-order valence-electron chi connectivity index (χ4n) is 2.48. The minimum atomic E-state index is 0.335. The Morgan fingerprint density at radius 2 is 2.00 bits per heavy atom. The Morgan fingerprint density at radius 3 is 2.42 bits per heavy atom. The minimum Gasteiger partial charge on any atom is -0.378 e. The maximum absolute atomic E-state index is 6.00. The smallest absolute Gasteiger partial charge is 0.0624 e. The molecule has 0 radical (unpaired) electrons. The predicted octanol–water partition coefficient (Wildman–Crippen LogP) is 1.54. The van der Waals surface area contributed by atoms with Gasteiger partial charge in [-0.1, -0.05) is 13.8 Å². The average molecular weight is 169 g/mol. The third-order valence-electron chi connectivity index (χ3n) is 3.61. The van der Waals surface area contributed by atoms with Crippen LogP contribution >= 0.6 is 0 Å². The average Bonchev–Trinajstić information content (AvgIpc) is 2.53. The van der Waals surface area contributed by atoms with Crippen molar-refractivity contribution in [2.24, 2.45) is 17.1 Å². The van der Waals surface area contributed by atoms with Crippen molar-refractivity contribution in [1.29, 1.82) is 0 Å². The third-order valence-corrected chi connectivity index (χ3v) is 3.61. The Kier molecular flexibility index (Phi) is 1.92. The van der Waals surface area contributed by atoms with Gasteiger partial charge in [-0.3, -0.25) is 0 Å². The number of hydrogen-bond donors (Lipinski definition) is 1. The number of nitrogens with two attached hydrogens (primary N) is 1. The van der Waals surface area contributed by atoms with Crippen molar-refractivity contribution in [3.8, 4) is 0 Å². The maximum atomic E-state index is 6.00. The van der Waals surface area contributed by atoms with E-state index in [0.717, 1.165) is 6.61 Å². The molecule has 2 fully saturated rings. The van der Waals surface area contributed by atoms with E-state index in [1.165, 1.54) is 19.3 Å². The molecule has 1 saturated heterocycles. The van der Waals surface area contributed by atoms with E-state index in [1.54, 1.807) is 0 Å². The molecule has 2 nitrogen and oxygen atoms in total. The quantitative estimate of drug-likeness (QED) is 0.646. The van der Waals surface area contributed by atoms with Gasteiger partial charge in [0.1, 0.15) is 0 Å². The molecule has 0 amide bonds. The molecule has 2 aliphatic rings. The topological polar surface area (TPSA) is 35.2 Å².